The minimum atomic E-state index is 0.473. The van der Waals surface area contributed by atoms with Crippen LogP contribution in [0.2, 0.25) is 5.02 Å². The van der Waals surface area contributed by atoms with E-state index in [2.05, 4.69) is 30.4 Å². The second-order valence-corrected chi connectivity index (χ2v) is 4.45. The smallest absolute Gasteiger partial charge is 0.201 e. The fourth-order valence-electron chi connectivity index (χ4n) is 1.97. The molecule has 0 bridgehead atoms. The summed E-state index contributed by atoms with van der Waals surface area (Å²) in [5, 5.41) is 16.4. The lowest BCUT2D eigenvalue weighted by Crippen LogP contribution is -1.94. The zero-order valence-corrected chi connectivity index (χ0v) is 10.5. The molecule has 0 amide bonds. The van der Waals surface area contributed by atoms with Crippen molar-refractivity contribution in [1.82, 2.24) is 39.6 Å². The number of hydrogen-bond acceptors (Lipinski definition) is 5. The molecule has 4 rings (SSSR count). The molecule has 4 heterocycles. The summed E-state index contributed by atoms with van der Waals surface area (Å²) in [6.45, 7) is 0. The van der Waals surface area contributed by atoms with Gasteiger partial charge in [-0.1, -0.05) is 11.6 Å². The maximum absolute atomic E-state index is 6.01. The highest BCUT2D eigenvalue weighted by Gasteiger charge is 2.15. The molecule has 0 aliphatic heterocycles. The Kier molecular flexibility index (Phi) is 1.93. The van der Waals surface area contributed by atoms with Crippen LogP contribution in [-0.2, 0) is 7.05 Å². The summed E-state index contributed by atoms with van der Waals surface area (Å²) in [5.74, 6) is 0.473. The Morgan fingerprint density at radius 1 is 1.26 bits per heavy atom. The standard InChI is InChI=1S/C10H7ClN8/c1-18-9-5(2-14-18)10-15-8(17-19(10)4-12-9)7-6(11)3-13-16-7/h2-4H,1H3,(H,13,16). The third kappa shape index (κ3) is 1.37. The molecule has 0 fully saturated rings. The van der Waals surface area contributed by atoms with Crippen LogP contribution >= 0.6 is 11.6 Å². The number of halogens is 1. The van der Waals surface area contributed by atoms with Gasteiger partial charge < -0.3 is 0 Å². The maximum Gasteiger partial charge on any atom is 0.201 e. The zero-order valence-electron chi connectivity index (χ0n) is 9.74. The van der Waals surface area contributed by atoms with E-state index in [0.717, 1.165) is 11.0 Å². The van der Waals surface area contributed by atoms with Crippen LogP contribution in [0.3, 0.4) is 0 Å². The van der Waals surface area contributed by atoms with Crippen molar-refractivity contribution in [2.75, 3.05) is 0 Å². The van der Waals surface area contributed by atoms with Crippen molar-refractivity contribution in [3.63, 3.8) is 0 Å². The predicted molar refractivity (Wildman–Crippen MR) is 67.6 cm³/mol. The van der Waals surface area contributed by atoms with Gasteiger partial charge in [-0.3, -0.25) is 9.78 Å². The van der Waals surface area contributed by atoms with Gasteiger partial charge in [0.2, 0.25) is 5.82 Å². The largest absolute Gasteiger partial charge is 0.273 e. The van der Waals surface area contributed by atoms with E-state index in [1.165, 1.54) is 6.20 Å². The quantitative estimate of drug-likeness (QED) is 0.560. The number of rotatable bonds is 1. The van der Waals surface area contributed by atoms with E-state index in [1.807, 2.05) is 7.05 Å². The summed E-state index contributed by atoms with van der Waals surface area (Å²) in [4.78, 5) is 8.75. The summed E-state index contributed by atoms with van der Waals surface area (Å²) in [6, 6.07) is 0. The molecule has 0 aliphatic rings. The number of nitrogens with one attached hydrogen (secondary N) is 1. The van der Waals surface area contributed by atoms with Crippen LogP contribution in [0.25, 0.3) is 28.2 Å². The second-order valence-electron chi connectivity index (χ2n) is 4.05. The van der Waals surface area contributed by atoms with Gasteiger partial charge in [0.25, 0.3) is 0 Å². The van der Waals surface area contributed by atoms with E-state index >= 15 is 0 Å². The molecule has 8 nitrogen and oxygen atoms in total. The molecule has 9 heteroatoms. The molecular formula is C10H7ClN8. The van der Waals surface area contributed by atoms with Gasteiger partial charge in [0, 0.05) is 7.05 Å². The summed E-state index contributed by atoms with van der Waals surface area (Å²) in [7, 11) is 1.83. The lowest BCUT2D eigenvalue weighted by atomic mass is 10.4. The van der Waals surface area contributed by atoms with Crippen LogP contribution in [0.4, 0.5) is 0 Å². The van der Waals surface area contributed by atoms with Crippen molar-refractivity contribution in [2.24, 2.45) is 7.05 Å². The molecule has 0 atom stereocenters. The van der Waals surface area contributed by atoms with Gasteiger partial charge in [-0.05, 0) is 0 Å². The molecule has 0 saturated carbocycles. The van der Waals surface area contributed by atoms with Crippen LogP contribution in [0.15, 0.2) is 18.7 Å². The van der Waals surface area contributed by atoms with Gasteiger partial charge in [-0.25, -0.2) is 14.5 Å². The molecule has 0 saturated heterocycles. The first kappa shape index (κ1) is 10.4. The number of nitrogens with zero attached hydrogens (tertiary/aromatic N) is 7. The Morgan fingerprint density at radius 3 is 2.95 bits per heavy atom. The third-order valence-corrected chi connectivity index (χ3v) is 3.17. The average molecular weight is 275 g/mol. The Balaban J connectivity index is 2.06. The topological polar surface area (TPSA) is 89.6 Å². The Labute approximate surface area is 111 Å². The van der Waals surface area contributed by atoms with Crippen LogP contribution in [-0.4, -0.2) is 39.6 Å². The first-order valence-corrected chi connectivity index (χ1v) is 5.84. The molecule has 4 aromatic heterocycles. The number of aromatic amines is 1. The Hall–Kier alpha value is -2.48. The first-order chi connectivity index (χ1) is 9.24. The van der Waals surface area contributed by atoms with Crippen molar-refractivity contribution in [3.8, 4) is 11.5 Å². The number of H-pyrrole nitrogens is 1. The SMILES string of the molecule is Cn1ncc2c1ncn1nc(-c3[nH]ncc3Cl)nc21. The van der Waals surface area contributed by atoms with Crippen molar-refractivity contribution < 1.29 is 0 Å². The molecule has 1 N–H and O–H groups in total. The van der Waals surface area contributed by atoms with Gasteiger partial charge in [0.15, 0.2) is 11.3 Å². The van der Waals surface area contributed by atoms with Crippen LogP contribution in [0.1, 0.15) is 0 Å². The summed E-state index contributed by atoms with van der Waals surface area (Å²) in [5.41, 5.74) is 2.02. The highest BCUT2D eigenvalue weighted by molar-refractivity contribution is 6.32. The minimum Gasteiger partial charge on any atom is -0.273 e. The lowest BCUT2D eigenvalue weighted by Gasteiger charge is -1.93. The van der Waals surface area contributed by atoms with Crippen LogP contribution in [0.5, 0.6) is 0 Å². The zero-order chi connectivity index (χ0) is 13.0. The fraction of sp³-hybridized carbons (Fsp3) is 0.100. The summed E-state index contributed by atoms with van der Waals surface area (Å²) >= 11 is 6.01. The van der Waals surface area contributed by atoms with Crippen molar-refractivity contribution >= 4 is 28.3 Å². The van der Waals surface area contributed by atoms with Gasteiger partial charge in [0.1, 0.15) is 12.0 Å². The monoisotopic (exact) mass is 274 g/mol. The first-order valence-electron chi connectivity index (χ1n) is 5.46. The van der Waals surface area contributed by atoms with E-state index < -0.39 is 0 Å². The van der Waals surface area contributed by atoms with Crippen molar-refractivity contribution in [3.05, 3.63) is 23.7 Å². The molecule has 0 aliphatic carbocycles. The highest BCUT2D eigenvalue weighted by atomic mass is 35.5. The molecule has 0 spiro atoms. The molecule has 19 heavy (non-hydrogen) atoms. The minimum absolute atomic E-state index is 0.473. The molecule has 0 aromatic carbocycles. The molecule has 0 radical (unpaired) electrons. The number of aryl methyl sites for hydroxylation is 1. The summed E-state index contributed by atoms with van der Waals surface area (Å²) in [6.07, 6.45) is 4.82. The van der Waals surface area contributed by atoms with E-state index in [0.29, 0.717) is 22.2 Å². The van der Waals surface area contributed by atoms with Crippen molar-refractivity contribution in [2.45, 2.75) is 0 Å². The highest BCUT2D eigenvalue weighted by Crippen LogP contribution is 2.24. The maximum atomic E-state index is 6.01. The summed E-state index contributed by atoms with van der Waals surface area (Å²) < 4.78 is 3.28. The average Bonchev–Trinajstić information content (AvgIpc) is 3.07. The van der Waals surface area contributed by atoms with E-state index in [1.54, 1.807) is 21.7 Å². The number of hydrogen-bond donors (Lipinski definition) is 1. The molecule has 4 aromatic rings. The van der Waals surface area contributed by atoms with Crippen molar-refractivity contribution in [1.29, 1.82) is 0 Å². The Bertz CT molecular complexity index is 901. The van der Waals surface area contributed by atoms with E-state index in [-0.39, 0.29) is 0 Å². The van der Waals surface area contributed by atoms with Crippen LogP contribution < -0.4 is 0 Å². The lowest BCUT2D eigenvalue weighted by molar-refractivity contribution is 0.783. The number of aromatic nitrogens is 8. The van der Waals surface area contributed by atoms with Gasteiger partial charge in [-0.15, -0.1) is 5.10 Å². The normalized spacial score (nSPS) is 11.7. The van der Waals surface area contributed by atoms with E-state index in [9.17, 15) is 0 Å². The van der Waals surface area contributed by atoms with Gasteiger partial charge >= 0.3 is 0 Å². The van der Waals surface area contributed by atoms with Crippen LogP contribution in [0, 0.1) is 0 Å². The molecule has 0 unspecified atom stereocenters. The van der Waals surface area contributed by atoms with E-state index in [4.69, 9.17) is 11.6 Å². The predicted octanol–water partition coefficient (Wildman–Crippen LogP) is 1.05. The second kappa shape index (κ2) is 3.51. The third-order valence-electron chi connectivity index (χ3n) is 2.89. The molecule has 94 valence electrons. The van der Waals surface area contributed by atoms with Gasteiger partial charge in [0.05, 0.1) is 22.8 Å². The number of fused-ring (bicyclic) bond motifs is 3. The molecular weight excluding hydrogens is 268 g/mol. The van der Waals surface area contributed by atoms with Gasteiger partial charge in [-0.2, -0.15) is 10.2 Å². The fourth-order valence-corrected chi connectivity index (χ4v) is 2.15. The Morgan fingerprint density at radius 2 is 2.16 bits per heavy atom.